The van der Waals surface area contributed by atoms with Crippen molar-refractivity contribution >= 4 is 6.09 Å². The van der Waals surface area contributed by atoms with Crippen molar-refractivity contribution in [2.45, 2.75) is 51.8 Å². The Kier molecular flexibility index (Phi) is 4.57. The zero-order valence-corrected chi connectivity index (χ0v) is 14.3. The summed E-state index contributed by atoms with van der Waals surface area (Å²) >= 11 is 0. The SMILES string of the molecule is CC(C)(C)OC(=O)N[C@@H]1CC[C@H]2CN(Cc3ccncc3)C[C@H]21. The molecule has 23 heavy (non-hydrogen) atoms. The molecule has 1 saturated heterocycles. The van der Waals surface area contributed by atoms with Gasteiger partial charge in [0.1, 0.15) is 5.60 Å². The molecule has 0 aromatic carbocycles. The van der Waals surface area contributed by atoms with E-state index in [4.69, 9.17) is 4.74 Å². The number of hydrogen-bond donors (Lipinski definition) is 1. The van der Waals surface area contributed by atoms with E-state index < -0.39 is 5.60 Å². The van der Waals surface area contributed by atoms with Crippen LogP contribution < -0.4 is 5.32 Å². The molecule has 1 aliphatic carbocycles. The van der Waals surface area contributed by atoms with Crippen LogP contribution in [0.1, 0.15) is 39.2 Å². The summed E-state index contributed by atoms with van der Waals surface area (Å²) in [5, 5.41) is 3.09. The summed E-state index contributed by atoms with van der Waals surface area (Å²) in [5.74, 6) is 1.24. The summed E-state index contributed by atoms with van der Waals surface area (Å²) in [6.07, 6.45) is 5.67. The van der Waals surface area contributed by atoms with E-state index in [0.29, 0.717) is 11.8 Å². The highest BCUT2D eigenvalue weighted by Gasteiger charge is 2.43. The summed E-state index contributed by atoms with van der Waals surface area (Å²) in [5.41, 5.74) is 0.863. The van der Waals surface area contributed by atoms with Gasteiger partial charge in [-0.1, -0.05) is 0 Å². The minimum absolute atomic E-state index is 0.247. The molecule has 5 heteroatoms. The molecule has 2 aliphatic rings. The number of nitrogens with zero attached hydrogens (tertiary/aromatic N) is 2. The molecule has 1 aromatic rings. The van der Waals surface area contributed by atoms with Gasteiger partial charge in [0.05, 0.1) is 0 Å². The van der Waals surface area contributed by atoms with Crippen molar-refractivity contribution in [2.24, 2.45) is 11.8 Å². The third-order valence-corrected chi connectivity index (χ3v) is 4.79. The number of alkyl carbamates (subject to hydrolysis) is 1. The van der Waals surface area contributed by atoms with E-state index in [1.54, 1.807) is 0 Å². The lowest BCUT2D eigenvalue weighted by atomic mass is 9.98. The number of fused-ring (bicyclic) bond motifs is 1. The predicted octanol–water partition coefficient (Wildman–Crippen LogP) is 2.82. The number of nitrogens with one attached hydrogen (secondary N) is 1. The molecule has 0 spiro atoms. The quantitative estimate of drug-likeness (QED) is 0.931. The van der Waals surface area contributed by atoms with E-state index in [0.717, 1.165) is 26.1 Å². The van der Waals surface area contributed by atoms with Crippen LogP contribution in [0.25, 0.3) is 0 Å². The van der Waals surface area contributed by atoms with Crippen LogP contribution in [0.2, 0.25) is 0 Å². The lowest BCUT2D eigenvalue weighted by molar-refractivity contribution is 0.0491. The minimum atomic E-state index is -0.439. The normalized spacial score (nSPS) is 27.7. The van der Waals surface area contributed by atoms with Crippen molar-refractivity contribution in [3.8, 4) is 0 Å². The Balaban J connectivity index is 1.53. The Hall–Kier alpha value is -1.62. The number of pyridine rings is 1. The Labute approximate surface area is 138 Å². The van der Waals surface area contributed by atoms with Crippen LogP contribution in [0, 0.1) is 11.8 Å². The highest BCUT2D eigenvalue weighted by Crippen LogP contribution is 2.38. The number of amides is 1. The number of ether oxygens (including phenoxy) is 1. The first kappa shape index (κ1) is 16.2. The summed E-state index contributed by atoms with van der Waals surface area (Å²) in [6.45, 7) is 8.84. The molecule has 2 fully saturated rings. The van der Waals surface area contributed by atoms with Gasteiger partial charge in [0, 0.05) is 38.1 Å². The highest BCUT2D eigenvalue weighted by molar-refractivity contribution is 5.68. The smallest absolute Gasteiger partial charge is 0.407 e. The molecule has 1 aliphatic heterocycles. The fourth-order valence-corrected chi connectivity index (χ4v) is 3.87. The Morgan fingerprint density at radius 1 is 1.30 bits per heavy atom. The van der Waals surface area contributed by atoms with Crippen LogP contribution >= 0.6 is 0 Å². The van der Waals surface area contributed by atoms with Crippen LogP contribution in [0.5, 0.6) is 0 Å². The van der Waals surface area contributed by atoms with Crippen LogP contribution in [-0.4, -0.2) is 40.7 Å². The molecule has 0 bridgehead atoms. The molecule has 126 valence electrons. The fourth-order valence-electron chi connectivity index (χ4n) is 3.87. The maximum Gasteiger partial charge on any atom is 0.407 e. The fraction of sp³-hybridized carbons (Fsp3) is 0.667. The standard InChI is InChI=1S/C18H27N3O2/c1-18(2,3)23-17(22)20-16-5-4-14-11-21(12-15(14)16)10-13-6-8-19-9-7-13/h6-9,14-16H,4-5,10-12H2,1-3H3,(H,20,22)/t14-,15+,16+/m0/s1. The first-order valence-corrected chi connectivity index (χ1v) is 8.51. The van der Waals surface area contributed by atoms with E-state index in [1.807, 2.05) is 33.2 Å². The maximum atomic E-state index is 12.0. The average molecular weight is 317 g/mol. The van der Waals surface area contributed by atoms with E-state index >= 15 is 0 Å². The minimum Gasteiger partial charge on any atom is -0.444 e. The van der Waals surface area contributed by atoms with Crippen molar-refractivity contribution in [3.63, 3.8) is 0 Å². The second-order valence-corrected chi connectivity index (χ2v) is 7.80. The van der Waals surface area contributed by atoms with E-state index in [9.17, 15) is 4.79 Å². The van der Waals surface area contributed by atoms with Crippen LogP contribution in [0.15, 0.2) is 24.5 Å². The Morgan fingerprint density at radius 3 is 2.74 bits per heavy atom. The number of likely N-dealkylation sites (tertiary alicyclic amines) is 1. The van der Waals surface area contributed by atoms with Crippen molar-refractivity contribution in [1.29, 1.82) is 0 Å². The van der Waals surface area contributed by atoms with Crippen molar-refractivity contribution < 1.29 is 9.53 Å². The number of rotatable bonds is 3. The summed E-state index contributed by atoms with van der Waals surface area (Å²) in [7, 11) is 0. The number of aromatic nitrogens is 1. The molecule has 3 rings (SSSR count). The van der Waals surface area contributed by atoms with Crippen LogP contribution in [0.4, 0.5) is 4.79 Å². The molecule has 2 heterocycles. The average Bonchev–Trinajstić information content (AvgIpc) is 3.00. The van der Waals surface area contributed by atoms with Crippen LogP contribution in [0.3, 0.4) is 0 Å². The maximum absolute atomic E-state index is 12.0. The van der Waals surface area contributed by atoms with Gasteiger partial charge >= 0.3 is 6.09 Å². The van der Waals surface area contributed by atoms with Gasteiger partial charge in [-0.2, -0.15) is 0 Å². The van der Waals surface area contributed by atoms with E-state index in [1.165, 1.54) is 12.0 Å². The summed E-state index contributed by atoms with van der Waals surface area (Å²) in [6, 6.07) is 4.40. The molecular weight excluding hydrogens is 290 g/mol. The second kappa shape index (κ2) is 6.48. The summed E-state index contributed by atoms with van der Waals surface area (Å²) < 4.78 is 5.40. The number of carbonyl (C=O) groups is 1. The first-order valence-electron chi connectivity index (χ1n) is 8.51. The zero-order chi connectivity index (χ0) is 16.4. The van der Waals surface area contributed by atoms with Gasteiger partial charge in [-0.3, -0.25) is 9.88 Å². The first-order chi connectivity index (χ1) is 10.9. The van der Waals surface area contributed by atoms with Crippen molar-refractivity contribution in [2.75, 3.05) is 13.1 Å². The molecule has 1 aromatic heterocycles. The molecule has 1 amide bonds. The van der Waals surface area contributed by atoms with Gasteiger partial charge in [-0.25, -0.2) is 4.79 Å². The summed E-state index contributed by atoms with van der Waals surface area (Å²) in [4.78, 5) is 18.6. The zero-order valence-electron chi connectivity index (χ0n) is 14.3. The van der Waals surface area contributed by atoms with E-state index in [-0.39, 0.29) is 12.1 Å². The Bertz CT molecular complexity index is 541. The lowest BCUT2D eigenvalue weighted by Crippen LogP contribution is -2.42. The topological polar surface area (TPSA) is 54.5 Å². The molecule has 1 saturated carbocycles. The molecular formula is C18H27N3O2. The van der Waals surface area contributed by atoms with E-state index in [2.05, 4.69) is 27.3 Å². The molecule has 5 nitrogen and oxygen atoms in total. The highest BCUT2D eigenvalue weighted by atomic mass is 16.6. The largest absolute Gasteiger partial charge is 0.444 e. The number of hydrogen-bond acceptors (Lipinski definition) is 4. The molecule has 0 radical (unpaired) electrons. The molecule has 3 atom stereocenters. The van der Waals surface area contributed by atoms with Gasteiger partial charge in [-0.15, -0.1) is 0 Å². The van der Waals surface area contributed by atoms with Gasteiger partial charge in [0.2, 0.25) is 0 Å². The van der Waals surface area contributed by atoms with Gasteiger partial charge in [0.15, 0.2) is 0 Å². The molecule has 1 N–H and O–H groups in total. The molecule has 0 unspecified atom stereocenters. The third-order valence-electron chi connectivity index (χ3n) is 4.79. The monoisotopic (exact) mass is 317 g/mol. The van der Waals surface area contributed by atoms with Crippen molar-refractivity contribution in [3.05, 3.63) is 30.1 Å². The van der Waals surface area contributed by atoms with Gasteiger partial charge in [-0.05, 0) is 63.1 Å². The number of carbonyl (C=O) groups excluding carboxylic acids is 1. The Morgan fingerprint density at radius 2 is 2.04 bits per heavy atom. The third kappa shape index (κ3) is 4.22. The predicted molar refractivity (Wildman–Crippen MR) is 88.9 cm³/mol. The lowest BCUT2D eigenvalue weighted by Gasteiger charge is -2.25. The second-order valence-electron chi connectivity index (χ2n) is 7.80. The van der Waals surface area contributed by atoms with Gasteiger partial charge in [0.25, 0.3) is 0 Å². The van der Waals surface area contributed by atoms with Crippen molar-refractivity contribution in [1.82, 2.24) is 15.2 Å². The van der Waals surface area contributed by atoms with Gasteiger partial charge < -0.3 is 10.1 Å². The van der Waals surface area contributed by atoms with Crippen LogP contribution in [-0.2, 0) is 11.3 Å².